The van der Waals surface area contributed by atoms with Crippen molar-refractivity contribution >= 4 is 75.4 Å². The lowest BCUT2D eigenvalue weighted by atomic mass is 9.81. The lowest BCUT2D eigenvalue weighted by Crippen LogP contribution is -1.96. The molecule has 0 N–H and O–H groups in total. The molecular formula is C54H32. The van der Waals surface area contributed by atoms with Gasteiger partial charge in [0.05, 0.1) is 24.7 Å². The van der Waals surface area contributed by atoms with Crippen molar-refractivity contribution in [1.82, 2.24) is 0 Å². The van der Waals surface area contributed by atoms with Crippen molar-refractivity contribution < 1.29 is 24.7 Å². The minimum Gasteiger partial charge on any atom is -0.0622 e. The summed E-state index contributed by atoms with van der Waals surface area (Å²) < 4.78 is 167. The highest BCUT2D eigenvalue weighted by Gasteiger charge is 2.22. The van der Waals surface area contributed by atoms with Crippen LogP contribution in [0, 0.1) is 0 Å². The van der Waals surface area contributed by atoms with Gasteiger partial charge in [0.1, 0.15) is 0 Å². The second-order valence-corrected chi connectivity index (χ2v) is 13.3. The van der Waals surface area contributed by atoms with E-state index in [0.717, 1.165) is 10.8 Å². The Labute approximate surface area is 338 Å². The van der Waals surface area contributed by atoms with Crippen LogP contribution >= 0.6 is 0 Å². The van der Waals surface area contributed by atoms with E-state index in [1.165, 1.54) is 0 Å². The Morgan fingerprint density at radius 2 is 0.759 bits per heavy atom. The first-order chi connectivity index (χ1) is 34.3. The van der Waals surface area contributed by atoms with Gasteiger partial charge in [0.25, 0.3) is 0 Å². The van der Waals surface area contributed by atoms with Crippen molar-refractivity contribution in [3.8, 4) is 44.5 Å². The maximum atomic E-state index is 9.97. The van der Waals surface area contributed by atoms with Crippen LogP contribution in [-0.2, 0) is 0 Å². The van der Waals surface area contributed by atoms with Gasteiger partial charge in [-0.05, 0) is 132 Å². The Kier molecular flexibility index (Phi) is 3.58. The smallest absolute Gasteiger partial charge is 0.0622 e. The van der Waals surface area contributed by atoms with Gasteiger partial charge in [0.2, 0.25) is 0 Å². The maximum absolute atomic E-state index is 9.97. The summed E-state index contributed by atoms with van der Waals surface area (Å²) in [5.74, 6) is 0. The molecule has 0 fully saturated rings. The molecule has 0 saturated carbocycles. The molecule has 54 heavy (non-hydrogen) atoms. The van der Waals surface area contributed by atoms with Crippen LogP contribution in [0.4, 0.5) is 0 Å². The van der Waals surface area contributed by atoms with E-state index >= 15 is 0 Å². The molecule has 0 aromatic heterocycles. The topological polar surface area (TPSA) is 0 Å². The average molecular weight is 699 g/mol. The number of hydrogen-bond donors (Lipinski definition) is 0. The molecule has 0 spiro atoms. The third-order valence-electron chi connectivity index (χ3n) is 10.5. The monoisotopic (exact) mass is 698 g/mol. The molecule has 12 rings (SSSR count). The summed E-state index contributed by atoms with van der Waals surface area (Å²) >= 11 is 0. The van der Waals surface area contributed by atoms with Gasteiger partial charge < -0.3 is 0 Å². The molecule has 12 aromatic carbocycles. The van der Waals surface area contributed by atoms with Crippen LogP contribution in [0.3, 0.4) is 0 Å². The zero-order valence-corrected chi connectivity index (χ0v) is 28.1. The van der Waals surface area contributed by atoms with E-state index in [9.17, 15) is 13.7 Å². The van der Waals surface area contributed by atoms with Crippen molar-refractivity contribution in [1.29, 1.82) is 0 Å². The van der Waals surface area contributed by atoms with Gasteiger partial charge in [0, 0.05) is 0 Å². The second kappa shape index (κ2) is 11.2. The van der Waals surface area contributed by atoms with Gasteiger partial charge in [0.15, 0.2) is 0 Å². The first-order valence-electron chi connectivity index (χ1n) is 26.4. The Bertz CT molecular complexity index is 4420. The summed E-state index contributed by atoms with van der Waals surface area (Å²) in [5, 5.41) is -0.126. The Balaban J connectivity index is 1.38. The molecule has 0 saturated heterocycles. The Morgan fingerprint density at radius 1 is 0.278 bits per heavy atom. The summed E-state index contributed by atoms with van der Waals surface area (Å²) in [7, 11) is 0. The summed E-state index contributed by atoms with van der Waals surface area (Å²) in [5.41, 5.74) is 2.16. The van der Waals surface area contributed by atoms with E-state index in [-0.39, 0.29) is 86.9 Å². The van der Waals surface area contributed by atoms with Gasteiger partial charge in [-0.25, -0.2) is 0 Å². The highest BCUT2D eigenvalue weighted by Crippen LogP contribution is 2.49. The molecule has 248 valence electrons. The van der Waals surface area contributed by atoms with Gasteiger partial charge in [-0.15, -0.1) is 0 Å². The first kappa shape index (κ1) is 17.2. The second-order valence-electron chi connectivity index (χ2n) is 13.3. The number of rotatable bonds is 4. The normalized spacial score (nSPS) is 16.7. The maximum Gasteiger partial charge on any atom is 0.0630 e. The lowest BCUT2D eigenvalue weighted by Gasteiger charge is -2.22. The zero-order chi connectivity index (χ0) is 51.0. The van der Waals surface area contributed by atoms with E-state index in [1.807, 2.05) is 54.6 Å². The number of hydrogen-bond acceptors (Lipinski definition) is 0. The minimum absolute atomic E-state index is 0.0228. The van der Waals surface area contributed by atoms with Crippen molar-refractivity contribution in [2.24, 2.45) is 0 Å². The molecule has 0 bridgehead atoms. The zero-order valence-electron chi connectivity index (χ0n) is 46.1. The van der Waals surface area contributed by atoms with Crippen molar-refractivity contribution in [2.75, 3.05) is 0 Å². The molecule has 0 aliphatic rings. The molecule has 12 aromatic rings. The van der Waals surface area contributed by atoms with Crippen LogP contribution in [0.5, 0.6) is 0 Å². The van der Waals surface area contributed by atoms with Crippen molar-refractivity contribution in [2.45, 2.75) is 0 Å². The highest BCUT2D eigenvalue weighted by atomic mass is 14.3. The fraction of sp³-hybridized carbons (Fsp3) is 0. The summed E-state index contributed by atoms with van der Waals surface area (Å²) in [4.78, 5) is 0. The third kappa shape index (κ3) is 4.20. The van der Waals surface area contributed by atoms with E-state index in [0.29, 0.717) is 22.3 Å². The van der Waals surface area contributed by atoms with Crippen LogP contribution in [0.1, 0.15) is 24.7 Å². The third-order valence-corrected chi connectivity index (χ3v) is 10.5. The summed E-state index contributed by atoms with van der Waals surface area (Å²) in [6.45, 7) is 0. The van der Waals surface area contributed by atoms with E-state index in [2.05, 4.69) is 0 Å². The van der Waals surface area contributed by atoms with Crippen LogP contribution in [0.2, 0.25) is 0 Å². The summed E-state index contributed by atoms with van der Waals surface area (Å²) in [6, 6.07) is 15.7. The van der Waals surface area contributed by atoms with Crippen LogP contribution in [0.15, 0.2) is 194 Å². The fourth-order valence-electron chi connectivity index (χ4n) is 8.12. The molecule has 0 amide bonds. The molecule has 0 aliphatic heterocycles. The first-order valence-corrected chi connectivity index (χ1v) is 17.4. The number of benzene rings is 12. The molecular weight excluding hydrogens is 649 g/mol. The molecule has 0 atom stereocenters. The van der Waals surface area contributed by atoms with Gasteiger partial charge in [-0.1, -0.05) is 182 Å². The molecule has 0 aliphatic carbocycles. The van der Waals surface area contributed by atoms with E-state index in [4.69, 9.17) is 11.0 Å². The van der Waals surface area contributed by atoms with Crippen LogP contribution in [0.25, 0.3) is 120 Å². The van der Waals surface area contributed by atoms with Gasteiger partial charge in [-0.3, -0.25) is 0 Å². The molecule has 0 nitrogen and oxygen atoms in total. The molecule has 0 unspecified atom stereocenters. The van der Waals surface area contributed by atoms with Crippen molar-refractivity contribution in [3.63, 3.8) is 0 Å². The van der Waals surface area contributed by atoms with Crippen molar-refractivity contribution in [3.05, 3.63) is 194 Å². The largest absolute Gasteiger partial charge is 0.0630 e. The quantitative estimate of drug-likeness (QED) is 0.161. The lowest BCUT2D eigenvalue weighted by molar-refractivity contribution is 1.58. The van der Waals surface area contributed by atoms with Crippen LogP contribution in [-0.4, -0.2) is 0 Å². The standard InChI is InChI=1S/C54H32/c1-2-10-34(11-3-1)52-48(44-18-8-12-33-9-4-5-17-42(33)44)31-41(43-27-23-39-21-19-35-13-6-15-37-25-29-46(43)53(39)50(35)37)32-49(52)45-28-24-40-22-20-36-14-7-16-38-26-30-47(45)54(40)51(36)38/h1-32H/i6D,7D,13D,14D,15D,16D,19D,20D,21D,22D,23D,24D,25D,26D,27D,28D,29D,30D. The predicted octanol–water partition coefficient (Wildman–Crippen LogP) is 15.3. The van der Waals surface area contributed by atoms with E-state index in [1.54, 1.807) is 30.3 Å². The molecule has 0 heterocycles. The van der Waals surface area contributed by atoms with Gasteiger partial charge >= 0.3 is 0 Å². The van der Waals surface area contributed by atoms with Gasteiger partial charge in [-0.2, -0.15) is 0 Å². The SMILES string of the molecule is [2H]c1c([2H])c2c([2H])c([2H])c3c([2H])c([2H])c(-c4cc(-c5cccc6ccccc56)c(-c5ccccc5)c(-c5c([2H])c([2H])c6c([2H])c([2H])c7c([2H])c([2H])c([2H])c8c([2H])c([2H])c5c6c78)c4)c4c([2H])c([2H])c(c1[2H])c2c34. The number of fused-ring (bicyclic) bond motifs is 1. The molecule has 0 heteroatoms. The Morgan fingerprint density at radius 3 is 1.41 bits per heavy atom. The predicted molar refractivity (Wildman–Crippen MR) is 233 cm³/mol. The minimum atomic E-state index is -0.611. The Hall–Kier alpha value is -7.02. The summed E-state index contributed by atoms with van der Waals surface area (Å²) in [6.07, 6.45) is 0. The highest BCUT2D eigenvalue weighted by molar-refractivity contribution is 6.27. The van der Waals surface area contributed by atoms with E-state index < -0.39 is 109 Å². The fourth-order valence-corrected chi connectivity index (χ4v) is 8.12. The molecule has 0 radical (unpaired) electrons. The average Bonchev–Trinajstić information content (AvgIpc) is 3.37. The van der Waals surface area contributed by atoms with Crippen LogP contribution < -0.4 is 0 Å².